The summed E-state index contributed by atoms with van der Waals surface area (Å²) in [6, 6.07) is -1.50. The van der Waals surface area contributed by atoms with Crippen LogP contribution in [0.15, 0.2) is 0 Å². The molecule has 0 aromatic carbocycles. The SMILES string of the molecule is CCC(C)[C@H](NC(=O)N(CC)CC(=O)NC(C)C)C(=O)O. The number of hydrogen-bond acceptors (Lipinski definition) is 3. The maximum atomic E-state index is 12.1. The van der Waals surface area contributed by atoms with E-state index in [1.165, 1.54) is 4.90 Å². The smallest absolute Gasteiger partial charge is 0.326 e. The van der Waals surface area contributed by atoms with E-state index in [0.717, 1.165) is 0 Å². The summed E-state index contributed by atoms with van der Waals surface area (Å²) in [5, 5.41) is 14.3. The second kappa shape index (κ2) is 9.20. The highest BCUT2D eigenvalue weighted by Crippen LogP contribution is 2.08. The molecule has 0 saturated heterocycles. The van der Waals surface area contributed by atoms with Crippen LogP contribution < -0.4 is 10.6 Å². The molecule has 122 valence electrons. The van der Waals surface area contributed by atoms with Gasteiger partial charge >= 0.3 is 12.0 Å². The zero-order chi connectivity index (χ0) is 16.6. The lowest BCUT2D eigenvalue weighted by Crippen LogP contribution is -2.52. The van der Waals surface area contributed by atoms with Crippen molar-refractivity contribution in [1.29, 1.82) is 0 Å². The molecule has 7 nitrogen and oxygen atoms in total. The fourth-order valence-electron chi connectivity index (χ4n) is 1.78. The molecule has 7 heteroatoms. The van der Waals surface area contributed by atoms with Crippen LogP contribution in [0.3, 0.4) is 0 Å². The molecule has 0 saturated carbocycles. The average Bonchev–Trinajstić information content (AvgIpc) is 2.39. The molecule has 0 radical (unpaired) electrons. The molecule has 0 rings (SSSR count). The molecule has 3 amide bonds. The Kier molecular flexibility index (Phi) is 8.42. The minimum atomic E-state index is -1.07. The number of carboxylic acids is 1. The zero-order valence-electron chi connectivity index (χ0n) is 13.5. The third-order valence-corrected chi connectivity index (χ3v) is 3.21. The highest BCUT2D eigenvalue weighted by Gasteiger charge is 2.27. The standard InChI is InChI=1S/C14H27N3O4/c1-6-10(5)12(13(19)20)16-14(21)17(7-2)8-11(18)15-9(3)4/h9-10,12H,6-8H2,1-5H3,(H,15,18)(H,16,21)(H,19,20)/t10?,12-/m0/s1. The number of likely N-dealkylation sites (N-methyl/N-ethyl adjacent to an activating group) is 1. The molecule has 0 heterocycles. The summed E-state index contributed by atoms with van der Waals surface area (Å²) in [4.78, 5) is 36.3. The molecule has 0 aromatic heterocycles. The van der Waals surface area contributed by atoms with E-state index in [2.05, 4.69) is 10.6 Å². The van der Waals surface area contributed by atoms with E-state index in [9.17, 15) is 14.4 Å². The van der Waals surface area contributed by atoms with Crippen LogP contribution in [0.25, 0.3) is 0 Å². The van der Waals surface area contributed by atoms with Crippen molar-refractivity contribution in [2.24, 2.45) is 5.92 Å². The normalized spacial score (nSPS) is 13.4. The number of urea groups is 1. The molecular weight excluding hydrogens is 274 g/mol. The van der Waals surface area contributed by atoms with E-state index >= 15 is 0 Å². The van der Waals surface area contributed by atoms with Gasteiger partial charge in [0.25, 0.3) is 0 Å². The predicted molar refractivity (Wildman–Crippen MR) is 79.9 cm³/mol. The molecule has 2 atom stereocenters. The number of carbonyl (C=O) groups excluding carboxylic acids is 2. The lowest BCUT2D eigenvalue weighted by atomic mass is 9.99. The van der Waals surface area contributed by atoms with Crippen LogP contribution in [-0.2, 0) is 9.59 Å². The van der Waals surface area contributed by atoms with Crippen LogP contribution in [0.4, 0.5) is 4.79 Å². The summed E-state index contributed by atoms with van der Waals surface area (Å²) in [5.74, 6) is -1.52. The Balaban J connectivity index is 4.70. The minimum Gasteiger partial charge on any atom is -0.480 e. The maximum absolute atomic E-state index is 12.1. The summed E-state index contributed by atoms with van der Waals surface area (Å²) < 4.78 is 0. The molecule has 0 spiro atoms. The molecule has 1 unspecified atom stereocenters. The summed E-state index contributed by atoms with van der Waals surface area (Å²) in [7, 11) is 0. The van der Waals surface area contributed by atoms with Crippen LogP contribution in [0, 0.1) is 5.92 Å². The van der Waals surface area contributed by atoms with Gasteiger partial charge in [-0.05, 0) is 26.7 Å². The fourth-order valence-corrected chi connectivity index (χ4v) is 1.78. The Morgan fingerprint density at radius 1 is 1.10 bits per heavy atom. The topological polar surface area (TPSA) is 98.7 Å². The van der Waals surface area contributed by atoms with Gasteiger partial charge < -0.3 is 20.6 Å². The van der Waals surface area contributed by atoms with Crippen molar-refractivity contribution in [1.82, 2.24) is 15.5 Å². The average molecular weight is 301 g/mol. The highest BCUT2D eigenvalue weighted by molar-refractivity contribution is 5.86. The van der Waals surface area contributed by atoms with Crippen LogP contribution in [0.5, 0.6) is 0 Å². The van der Waals surface area contributed by atoms with Crippen LogP contribution in [0.2, 0.25) is 0 Å². The first-order chi connectivity index (χ1) is 9.72. The number of nitrogens with one attached hydrogen (secondary N) is 2. The number of amides is 3. The lowest BCUT2D eigenvalue weighted by Gasteiger charge is -2.26. The van der Waals surface area contributed by atoms with Gasteiger partial charge in [0.15, 0.2) is 0 Å². The second-order valence-electron chi connectivity index (χ2n) is 5.39. The van der Waals surface area contributed by atoms with E-state index < -0.39 is 18.0 Å². The summed E-state index contributed by atoms with van der Waals surface area (Å²) in [6.07, 6.45) is 0.636. The van der Waals surface area contributed by atoms with E-state index in [-0.39, 0.29) is 24.4 Å². The molecule has 3 N–H and O–H groups in total. The molecule has 0 aliphatic carbocycles. The van der Waals surface area contributed by atoms with Gasteiger partial charge in [-0.2, -0.15) is 0 Å². The third kappa shape index (κ3) is 6.97. The van der Waals surface area contributed by atoms with E-state index in [4.69, 9.17) is 5.11 Å². The van der Waals surface area contributed by atoms with E-state index in [0.29, 0.717) is 13.0 Å². The lowest BCUT2D eigenvalue weighted by molar-refractivity contribution is -0.140. The Hall–Kier alpha value is -1.79. The number of rotatable bonds is 8. The summed E-state index contributed by atoms with van der Waals surface area (Å²) in [5.41, 5.74) is 0. The molecule has 0 aliphatic heterocycles. The van der Waals surface area contributed by atoms with Gasteiger partial charge in [-0.1, -0.05) is 20.3 Å². The van der Waals surface area contributed by atoms with Gasteiger partial charge in [0.05, 0.1) is 0 Å². The van der Waals surface area contributed by atoms with Crippen LogP contribution >= 0.6 is 0 Å². The number of hydrogen-bond donors (Lipinski definition) is 3. The first kappa shape index (κ1) is 19.2. The quantitative estimate of drug-likeness (QED) is 0.624. The molecule has 21 heavy (non-hydrogen) atoms. The van der Waals surface area contributed by atoms with Crippen molar-refractivity contribution in [3.63, 3.8) is 0 Å². The summed E-state index contributed by atoms with van der Waals surface area (Å²) >= 11 is 0. The Bertz CT molecular complexity index is 371. The van der Waals surface area contributed by atoms with E-state index in [1.807, 2.05) is 20.8 Å². The van der Waals surface area contributed by atoms with Gasteiger partial charge in [-0.15, -0.1) is 0 Å². The van der Waals surface area contributed by atoms with Crippen molar-refractivity contribution in [2.75, 3.05) is 13.1 Å². The third-order valence-electron chi connectivity index (χ3n) is 3.21. The van der Waals surface area contributed by atoms with Gasteiger partial charge in [0, 0.05) is 12.6 Å². The fraction of sp³-hybridized carbons (Fsp3) is 0.786. The van der Waals surface area contributed by atoms with Crippen molar-refractivity contribution in [2.45, 2.75) is 53.1 Å². The Morgan fingerprint density at radius 3 is 2.05 bits per heavy atom. The largest absolute Gasteiger partial charge is 0.480 e. The summed E-state index contributed by atoms with van der Waals surface area (Å²) in [6.45, 7) is 9.26. The van der Waals surface area contributed by atoms with Gasteiger partial charge in [0.1, 0.15) is 12.6 Å². The van der Waals surface area contributed by atoms with Gasteiger partial charge in [0.2, 0.25) is 5.91 Å². The van der Waals surface area contributed by atoms with Crippen LogP contribution in [-0.4, -0.2) is 53.1 Å². The van der Waals surface area contributed by atoms with Crippen molar-refractivity contribution in [3.8, 4) is 0 Å². The first-order valence-electron chi connectivity index (χ1n) is 7.30. The van der Waals surface area contributed by atoms with Crippen molar-refractivity contribution < 1.29 is 19.5 Å². The first-order valence-corrected chi connectivity index (χ1v) is 7.30. The molecule has 0 aromatic rings. The number of nitrogens with zero attached hydrogens (tertiary/aromatic N) is 1. The molecule has 0 fully saturated rings. The second-order valence-corrected chi connectivity index (χ2v) is 5.39. The molecular formula is C14H27N3O4. The van der Waals surface area contributed by atoms with Crippen LogP contribution in [0.1, 0.15) is 41.0 Å². The number of carbonyl (C=O) groups is 3. The van der Waals surface area contributed by atoms with Crippen molar-refractivity contribution in [3.05, 3.63) is 0 Å². The minimum absolute atomic E-state index is 0.00820. The Morgan fingerprint density at radius 2 is 1.67 bits per heavy atom. The predicted octanol–water partition coefficient (Wildman–Crippen LogP) is 1.04. The number of aliphatic carboxylic acids is 1. The maximum Gasteiger partial charge on any atom is 0.326 e. The monoisotopic (exact) mass is 301 g/mol. The number of carboxylic acid groups (broad SMARTS) is 1. The highest BCUT2D eigenvalue weighted by atomic mass is 16.4. The zero-order valence-corrected chi connectivity index (χ0v) is 13.5. The van der Waals surface area contributed by atoms with Crippen molar-refractivity contribution >= 4 is 17.9 Å². The molecule has 0 bridgehead atoms. The van der Waals surface area contributed by atoms with Gasteiger partial charge in [-0.25, -0.2) is 9.59 Å². The molecule has 0 aliphatic rings. The Labute approximate surface area is 126 Å². The van der Waals surface area contributed by atoms with Gasteiger partial charge in [-0.3, -0.25) is 4.79 Å². The van der Waals surface area contributed by atoms with E-state index in [1.54, 1.807) is 13.8 Å².